The lowest BCUT2D eigenvalue weighted by molar-refractivity contribution is -0.119. The number of carbonyl (C=O) groups is 1. The molecular weight excluding hydrogens is 219 g/mol. The quantitative estimate of drug-likeness (QED) is 0.824. The number of anilines is 1. The van der Waals surface area contributed by atoms with Crippen molar-refractivity contribution in [3.63, 3.8) is 0 Å². The smallest absolute Gasteiger partial charge is 0.239 e. The molecule has 4 heteroatoms. The van der Waals surface area contributed by atoms with E-state index in [0.717, 1.165) is 12.1 Å². The molecule has 1 aromatic rings. The summed E-state index contributed by atoms with van der Waals surface area (Å²) in [5.41, 5.74) is 0.735. The molecule has 0 unspecified atom stereocenters. The zero-order chi connectivity index (χ0) is 12.7. The van der Waals surface area contributed by atoms with Crippen LogP contribution in [0.4, 0.5) is 10.1 Å². The molecule has 17 heavy (non-hydrogen) atoms. The summed E-state index contributed by atoms with van der Waals surface area (Å²) in [6.07, 6.45) is 0.915. The standard InChI is InChI=1S/C13H19FN2O/c1-3-8-15-13(17)10-16(4-2)12-7-5-6-11(14)9-12/h5-7,9H,3-4,8,10H2,1-2H3,(H,15,17). The van der Waals surface area contributed by atoms with Crippen LogP contribution in [0.2, 0.25) is 0 Å². The van der Waals surface area contributed by atoms with Crippen LogP contribution in [0.25, 0.3) is 0 Å². The molecule has 1 aromatic carbocycles. The number of nitrogens with one attached hydrogen (secondary N) is 1. The van der Waals surface area contributed by atoms with E-state index in [-0.39, 0.29) is 18.3 Å². The summed E-state index contributed by atoms with van der Waals surface area (Å²) in [4.78, 5) is 13.4. The Morgan fingerprint density at radius 3 is 2.76 bits per heavy atom. The Labute approximate surface area is 102 Å². The summed E-state index contributed by atoms with van der Waals surface area (Å²) < 4.78 is 13.1. The number of halogens is 1. The fraction of sp³-hybridized carbons (Fsp3) is 0.462. The van der Waals surface area contributed by atoms with Gasteiger partial charge in [0.2, 0.25) is 5.91 Å². The van der Waals surface area contributed by atoms with Gasteiger partial charge in [-0.2, -0.15) is 0 Å². The topological polar surface area (TPSA) is 32.3 Å². The fourth-order valence-electron chi connectivity index (χ4n) is 1.55. The summed E-state index contributed by atoms with van der Waals surface area (Å²) >= 11 is 0. The lowest BCUT2D eigenvalue weighted by atomic mass is 10.2. The zero-order valence-corrected chi connectivity index (χ0v) is 10.4. The molecule has 0 radical (unpaired) electrons. The second kappa shape index (κ2) is 6.89. The number of likely N-dealkylation sites (N-methyl/N-ethyl adjacent to an activating group) is 1. The summed E-state index contributed by atoms with van der Waals surface area (Å²) in [5, 5.41) is 2.81. The Morgan fingerprint density at radius 1 is 1.41 bits per heavy atom. The van der Waals surface area contributed by atoms with E-state index < -0.39 is 0 Å². The average Bonchev–Trinajstić information content (AvgIpc) is 2.33. The molecule has 0 heterocycles. The summed E-state index contributed by atoms with van der Waals surface area (Å²) in [5.74, 6) is -0.312. The highest BCUT2D eigenvalue weighted by Gasteiger charge is 2.09. The van der Waals surface area contributed by atoms with Gasteiger partial charge in [0.1, 0.15) is 5.82 Å². The highest BCUT2D eigenvalue weighted by Crippen LogP contribution is 2.14. The van der Waals surface area contributed by atoms with Crippen LogP contribution >= 0.6 is 0 Å². The second-order valence-electron chi connectivity index (χ2n) is 3.84. The normalized spacial score (nSPS) is 10.1. The second-order valence-corrected chi connectivity index (χ2v) is 3.84. The molecule has 0 fully saturated rings. The molecule has 0 aliphatic rings. The Bertz CT molecular complexity index is 368. The van der Waals surface area contributed by atoms with Crippen LogP contribution in [0.1, 0.15) is 20.3 Å². The van der Waals surface area contributed by atoms with E-state index in [1.165, 1.54) is 12.1 Å². The number of nitrogens with zero attached hydrogens (tertiary/aromatic N) is 1. The van der Waals surface area contributed by atoms with Crippen molar-refractivity contribution >= 4 is 11.6 Å². The van der Waals surface area contributed by atoms with Crippen LogP contribution in [-0.4, -0.2) is 25.5 Å². The maximum absolute atomic E-state index is 13.1. The molecule has 3 nitrogen and oxygen atoms in total. The molecule has 1 N–H and O–H groups in total. The third kappa shape index (κ3) is 4.43. The maximum atomic E-state index is 13.1. The van der Waals surface area contributed by atoms with Gasteiger partial charge in [0.25, 0.3) is 0 Å². The van der Waals surface area contributed by atoms with Gasteiger partial charge in [-0.3, -0.25) is 4.79 Å². The van der Waals surface area contributed by atoms with Gasteiger partial charge >= 0.3 is 0 Å². The molecule has 0 atom stereocenters. The van der Waals surface area contributed by atoms with Gasteiger partial charge in [-0.1, -0.05) is 13.0 Å². The molecule has 0 bridgehead atoms. The van der Waals surface area contributed by atoms with Crippen molar-refractivity contribution in [2.75, 3.05) is 24.5 Å². The van der Waals surface area contributed by atoms with E-state index in [1.54, 1.807) is 12.1 Å². The first-order chi connectivity index (χ1) is 8.17. The summed E-state index contributed by atoms with van der Waals surface area (Å²) in [7, 11) is 0. The monoisotopic (exact) mass is 238 g/mol. The Balaban J connectivity index is 2.62. The molecule has 0 aliphatic carbocycles. The Morgan fingerprint density at radius 2 is 2.18 bits per heavy atom. The van der Waals surface area contributed by atoms with E-state index in [0.29, 0.717) is 13.1 Å². The lowest BCUT2D eigenvalue weighted by Gasteiger charge is -2.22. The Hall–Kier alpha value is -1.58. The molecular formula is C13H19FN2O. The first-order valence-corrected chi connectivity index (χ1v) is 5.94. The van der Waals surface area contributed by atoms with Crippen molar-refractivity contribution in [3.8, 4) is 0 Å². The number of amides is 1. The van der Waals surface area contributed by atoms with Gasteiger partial charge in [-0.25, -0.2) is 4.39 Å². The van der Waals surface area contributed by atoms with Gasteiger partial charge < -0.3 is 10.2 Å². The number of benzene rings is 1. The van der Waals surface area contributed by atoms with E-state index in [1.807, 2.05) is 18.7 Å². The highest BCUT2D eigenvalue weighted by atomic mass is 19.1. The molecule has 94 valence electrons. The minimum Gasteiger partial charge on any atom is -0.362 e. The molecule has 0 aromatic heterocycles. The SMILES string of the molecule is CCCNC(=O)CN(CC)c1cccc(F)c1. The molecule has 0 spiro atoms. The van der Waals surface area contributed by atoms with Crippen molar-refractivity contribution in [1.82, 2.24) is 5.32 Å². The molecule has 0 aliphatic heterocycles. The van der Waals surface area contributed by atoms with E-state index in [9.17, 15) is 9.18 Å². The highest BCUT2D eigenvalue weighted by molar-refractivity contribution is 5.81. The van der Waals surface area contributed by atoms with Crippen LogP contribution in [0, 0.1) is 5.82 Å². The van der Waals surface area contributed by atoms with Gasteiger partial charge in [-0.15, -0.1) is 0 Å². The van der Waals surface area contributed by atoms with Gasteiger partial charge in [0.15, 0.2) is 0 Å². The van der Waals surface area contributed by atoms with Crippen LogP contribution in [-0.2, 0) is 4.79 Å². The number of rotatable bonds is 6. The van der Waals surface area contributed by atoms with Crippen molar-refractivity contribution in [1.29, 1.82) is 0 Å². The van der Waals surface area contributed by atoms with E-state index in [2.05, 4.69) is 5.32 Å². The average molecular weight is 238 g/mol. The van der Waals surface area contributed by atoms with E-state index in [4.69, 9.17) is 0 Å². The number of carbonyl (C=O) groups excluding carboxylic acids is 1. The van der Waals surface area contributed by atoms with Gasteiger partial charge in [0.05, 0.1) is 6.54 Å². The third-order valence-electron chi connectivity index (χ3n) is 2.46. The van der Waals surface area contributed by atoms with Crippen LogP contribution < -0.4 is 10.2 Å². The van der Waals surface area contributed by atoms with Crippen LogP contribution in [0.3, 0.4) is 0 Å². The van der Waals surface area contributed by atoms with Crippen molar-refractivity contribution < 1.29 is 9.18 Å². The first-order valence-electron chi connectivity index (χ1n) is 5.94. The summed E-state index contributed by atoms with van der Waals surface area (Å²) in [6, 6.07) is 6.29. The van der Waals surface area contributed by atoms with E-state index >= 15 is 0 Å². The molecule has 1 rings (SSSR count). The maximum Gasteiger partial charge on any atom is 0.239 e. The third-order valence-corrected chi connectivity index (χ3v) is 2.46. The number of hydrogen-bond donors (Lipinski definition) is 1. The summed E-state index contributed by atoms with van der Waals surface area (Å²) in [6.45, 7) is 5.56. The van der Waals surface area contributed by atoms with Crippen molar-refractivity contribution in [3.05, 3.63) is 30.1 Å². The molecule has 0 saturated heterocycles. The largest absolute Gasteiger partial charge is 0.362 e. The predicted molar refractivity (Wildman–Crippen MR) is 67.6 cm³/mol. The van der Waals surface area contributed by atoms with Gasteiger partial charge in [-0.05, 0) is 31.5 Å². The van der Waals surface area contributed by atoms with Gasteiger partial charge in [0, 0.05) is 18.8 Å². The van der Waals surface area contributed by atoms with Crippen LogP contribution in [0.5, 0.6) is 0 Å². The van der Waals surface area contributed by atoms with Crippen molar-refractivity contribution in [2.45, 2.75) is 20.3 Å². The fourth-order valence-corrected chi connectivity index (χ4v) is 1.55. The Kier molecular flexibility index (Phi) is 5.46. The molecule has 1 amide bonds. The minimum absolute atomic E-state index is 0.0297. The number of hydrogen-bond acceptors (Lipinski definition) is 2. The zero-order valence-electron chi connectivity index (χ0n) is 10.4. The first kappa shape index (κ1) is 13.5. The lowest BCUT2D eigenvalue weighted by Crippen LogP contribution is -2.37. The van der Waals surface area contributed by atoms with Crippen LogP contribution in [0.15, 0.2) is 24.3 Å². The van der Waals surface area contributed by atoms with Crippen molar-refractivity contribution in [2.24, 2.45) is 0 Å². The predicted octanol–water partition coefficient (Wildman–Crippen LogP) is 2.18. The minimum atomic E-state index is -0.282. The molecule has 0 saturated carbocycles.